The quantitative estimate of drug-likeness (QED) is 0.754. The minimum atomic E-state index is 0.176. The van der Waals surface area contributed by atoms with Gasteiger partial charge >= 0.3 is 0 Å². The summed E-state index contributed by atoms with van der Waals surface area (Å²) in [6, 6.07) is 5.33. The van der Waals surface area contributed by atoms with E-state index in [0.717, 1.165) is 5.56 Å². The normalized spacial score (nSPS) is 11.5. The van der Waals surface area contributed by atoms with Crippen LogP contribution >= 0.6 is 0 Å². The van der Waals surface area contributed by atoms with Crippen LogP contribution in [0.4, 0.5) is 0 Å². The average molecular weight is 178 g/mol. The highest BCUT2D eigenvalue weighted by molar-refractivity contribution is 5.66. The van der Waals surface area contributed by atoms with E-state index in [1.54, 1.807) is 13.2 Å². The minimum Gasteiger partial charge on any atom is -0.504 e. The van der Waals surface area contributed by atoms with Gasteiger partial charge in [-0.2, -0.15) is 0 Å². The summed E-state index contributed by atoms with van der Waals surface area (Å²) in [4.78, 5) is 0. The predicted molar refractivity (Wildman–Crippen MR) is 54.0 cm³/mol. The van der Waals surface area contributed by atoms with Gasteiger partial charge in [0.05, 0.1) is 7.11 Å². The van der Waals surface area contributed by atoms with Crippen molar-refractivity contribution < 1.29 is 9.84 Å². The summed E-state index contributed by atoms with van der Waals surface area (Å²) in [5.41, 5.74) is 2.23. The minimum absolute atomic E-state index is 0.176. The second kappa shape index (κ2) is 3.99. The van der Waals surface area contributed by atoms with Gasteiger partial charge in [-0.05, 0) is 37.1 Å². The molecular weight excluding hydrogens is 164 g/mol. The number of methoxy groups -OCH3 is 1. The van der Waals surface area contributed by atoms with Gasteiger partial charge in [0, 0.05) is 0 Å². The van der Waals surface area contributed by atoms with Gasteiger partial charge in [-0.15, -0.1) is 0 Å². The Morgan fingerprint density at radius 2 is 2.15 bits per heavy atom. The Morgan fingerprint density at radius 3 is 2.69 bits per heavy atom. The number of ether oxygens (including phenoxy) is 1. The van der Waals surface area contributed by atoms with Gasteiger partial charge in [0.25, 0.3) is 0 Å². The molecule has 0 saturated carbocycles. The molecule has 2 heteroatoms. The van der Waals surface area contributed by atoms with Crippen LogP contribution in [-0.4, -0.2) is 12.2 Å². The SMILES string of the molecule is C/C=C(\C)c1ccc(O)c(OC)c1. The lowest BCUT2D eigenvalue weighted by atomic mass is 10.1. The molecule has 0 unspecified atom stereocenters. The van der Waals surface area contributed by atoms with Crippen LogP contribution in [0.25, 0.3) is 5.57 Å². The van der Waals surface area contributed by atoms with Gasteiger partial charge in [-0.1, -0.05) is 12.1 Å². The lowest BCUT2D eigenvalue weighted by molar-refractivity contribution is 0.373. The third-order valence-electron chi connectivity index (χ3n) is 2.07. The van der Waals surface area contributed by atoms with Crippen LogP contribution < -0.4 is 4.74 Å². The highest BCUT2D eigenvalue weighted by Crippen LogP contribution is 2.28. The molecule has 0 bridgehead atoms. The van der Waals surface area contributed by atoms with Gasteiger partial charge in [0.2, 0.25) is 0 Å². The Morgan fingerprint density at radius 1 is 1.46 bits per heavy atom. The zero-order valence-electron chi connectivity index (χ0n) is 8.16. The van der Waals surface area contributed by atoms with Crippen LogP contribution in [0.2, 0.25) is 0 Å². The van der Waals surface area contributed by atoms with Crippen molar-refractivity contribution >= 4 is 5.57 Å². The van der Waals surface area contributed by atoms with Gasteiger partial charge in [0.1, 0.15) is 0 Å². The lowest BCUT2D eigenvalue weighted by Crippen LogP contribution is -1.86. The number of benzene rings is 1. The number of allylic oxidation sites excluding steroid dienone is 2. The van der Waals surface area contributed by atoms with Crippen LogP contribution in [0.15, 0.2) is 24.3 Å². The molecule has 2 nitrogen and oxygen atoms in total. The van der Waals surface area contributed by atoms with Gasteiger partial charge in [0.15, 0.2) is 11.5 Å². The monoisotopic (exact) mass is 178 g/mol. The summed E-state index contributed by atoms with van der Waals surface area (Å²) < 4.78 is 5.00. The third-order valence-corrected chi connectivity index (χ3v) is 2.07. The Bertz CT molecular complexity index is 327. The van der Waals surface area contributed by atoms with Crippen molar-refractivity contribution in [3.05, 3.63) is 29.8 Å². The molecule has 0 atom stereocenters. The topological polar surface area (TPSA) is 29.5 Å². The summed E-state index contributed by atoms with van der Waals surface area (Å²) in [6.45, 7) is 4.00. The van der Waals surface area contributed by atoms with E-state index >= 15 is 0 Å². The molecule has 0 radical (unpaired) electrons. The molecule has 13 heavy (non-hydrogen) atoms. The van der Waals surface area contributed by atoms with E-state index in [-0.39, 0.29) is 5.75 Å². The summed E-state index contributed by atoms with van der Waals surface area (Å²) >= 11 is 0. The number of phenols is 1. The molecule has 1 N–H and O–H groups in total. The fourth-order valence-corrected chi connectivity index (χ4v) is 1.09. The van der Waals surface area contributed by atoms with E-state index < -0.39 is 0 Å². The van der Waals surface area contributed by atoms with E-state index in [0.29, 0.717) is 5.75 Å². The van der Waals surface area contributed by atoms with Crippen molar-refractivity contribution in [2.45, 2.75) is 13.8 Å². The molecule has 1 rings (SSSR count). The highest BCUT2D eigenvalue weighted by Gasteiger charge is 2.02. The van der Waals surface area contributed by atoms with Crippen LogP contribution in [-0.2, 0) is 0 Å². The number of hydrogen-bond acceptors (Lipinski definition) is 2. The van der Waals surface area contributed by atoms with E-state index in [1.807, 2.05) is 32.1 Å². The molecule has 0 fully saturated rings. The molecule has 1 aromatic rings. The predicted octanol–water partition coefficient (Wildman–Crippen LogP) is 2.82. The second-order valence-electron chi connectivity index (χ2n) is 2.86. The lowest BCUT2D eigenvalue weighted by Gasteiger charge is -2.06. The molecule has 0 aromatic heterocycles. The molecule has 0 heterocycles. The summed E-state index contributed by atoms with van der Waals surface area (Å²) in [6.07, 6.45) is 2.02. The fourth-order valence-electron chi connectivity index (χ4n) is 1.09. The van der Waals surface area contributed by atoms with Crippen molar-refractivity contribution in [2.75, 3.05) is 7.11 Å². The zero-order valence-corrected chi connectivity index (χ0v) is 8.16. The molecule has 70 valence electrons. The highest BCUT2D eigenvalue weighted by atomic mass is 16.5. The Labute approximate surface area is 78.5 Å². The first-order valence-corrected chi connectivity index (χ1v) is 4.19. The molecule has 1 aromatic carbocycles. The maximum atomic E-state index is 9.34. The van der Waals surface area contributed by atoms with Crippen LogP contribution in [0.5, 0.6) is 11.5 Å². The van der Waals surface area contributed by atoms with Crippen LogP contribution in [0.1, 0.15) is 19.4 Å². The Hall–Kier alpha value is -1.44. The Balaban J connectivity index is 3.13. The third kappa shape index (κ3) is 2.02. The Kier molecular flexibility index (Phi) is 2.96. The molecule has 0 amide bonds. The van der Waals surface area contributed by atoms with Gasteiger partial charge in [-0.3, -0.25) is 0 Å². The molecule has 0 saturated heterocycles. The molecule has 0 aliphatic heterocycles. The van der Waals surface area contributed by atoms with Crippen LogP contribution in [0, 0.1) is 0 Å². The summed E-state index contributed by atoms with van der Waals surface area (Å²) in [7, 11) is 1.55. The van der Waals surface area contributed by atoms with Crippen molar-refractivity contribution in [3.8, 4) is 11.5 Å². The van der Waals surface area contributed by atoms with Gasteiger partial charge in [-0.25, -0.2) is 0 Å². The first-order chi connectivity index (χ1) is 6.19. The molecule has 0 spiro atoms. The summed E-state index contributed by atoms with van der Waals surface area (Å²) in [5, 5.41) is 9.34. The van der Waals surface area contributed by atoms with Crippen LogP contribution in [0.3, 0.4) is 0 Å². The standard InChI is InChI=1S/C11H14O2/c1-4-8(2)9-5-6-10(12)11(7-9)13-3/h4-7,12H,1-3H3/b8-4+. The molecule has 0 aliphatic rings. The maximum Gasteiger partial charge on any atom is 0.161 e. The number of aromatic hydroxyl groups is 1. The van der Waals surface area contributed by atoms with Gasteiger partial charge < -0.3 is 9.84 Å². The first-order valence-electron chi connectivity index (χ1n) is 4.19. The smallest absolute Gasteiger partial charge is 0.161 e. The number of hydrogen-bond donors (Lipinski definition) is 1. The fraction of sp³-hybridized carbons (Fsp3) is 0.273. The van der Waals surface area contributed by atoms with E-state index in [4.69, 9.17) is 4.74 Å². The maximum absolute atomic E-state index is 9.34. The molecular formula is C11H14O2. The second-order valence-corrected chi connectivity index (χ2v) is 2.86. The zero-order chi connectivity index (χ0) is 9.84. The average Bonchev–Trinajstić information content (AvgIpc) is 2.17. The first kappa shape index (κ1) is 9.65. The van der Waals surface area contributed by atoms with Crippen molar-refractivity contribution in [1.29, 1.82) is 0 Å². The summed E-state index contributed by atoms with van der Waals surface area (Å²) in [5.74, 6) is 0.689. The van der Waals surface area contributed by atoms with E-state index in [9.17, 15) is 5.11 Å². The van der Waals surface area contributed by atoms with E-state index in [2.05, 4.69) is 0 Å². The number of rotatable bonds is 2. The van der Waals surface area contributed by atoms with Crippen molar-refractivity contribution in [3.63, 3.8) is 0 Å². The van der Waals surface area contributed by atoms with E-state index in [1.165, 1.54) is 5.57 Å². The van der Waals surface area contributed by atoms with Crippen molar-refractivity contribution in [1.82, 2.24) is 0 Å². The largest absolute Gasteiger partial charge is 0.504 e. The van der Waals surface area contributed by atoms with Crippen molar-refractivity contribution in [2.24, 2.45) is 0 Å². The molecule has 0 aliphatic carbocycles. The number of phenolic OH excluding ortho intramolecular Hbond substituents is 1.